The molecular formula is C31H26F4N4O4. The van der Waals surface area contributed by atoms with Gasteiger partial charge in [-0.25, -0.2) is 27.5 Å². The zero-order chi connectivity index (χ0) is 30.5. The van der Waals surface area contributed by atoms with E-state index in [9.17, 15) is 27.5 Å². The Hall–Kier alpha value is -4.81. The summed E-state index contributed by atoms with van der Waals surface area (Å²) < 4.78 is 68.4. The van der Waals surface area contributed by atoms with Crippen molar-refractivity contribution >= 4 is 6.29 Å². The first kappa shape index (κ1) is 29.7. The molecule has 1 saturated heterocycles. The lowest BCUT2D eigenvalue weighted by atomic mass is 9.93. The molecule has 6 rings (SSSR count). The molecule has 1 N–H and O–H groups in total. The molecule has 0 saturated carbocycles. The highest BCUT2D eigenvalue weighted by Gasteiger charge is 2.48. The third-order valence-electron chi connectivity index (χ3n) is 6.84. The first-order valence-electron chi connectivity index (χ1n) is 13.1. The number of halogens is 4. The molecule has 1 fully saturated rings. The summed E-state index contributed by atoms with van der Waals surface area (Å²) in [5.41, 5.74) is -1.64. The van der Waals surface area contributed by atoms with Crippen LogP contribution in [0.25, 0.3) is 0 Å². The van der Waals surface area contributed by atoms with E-state index in [-0.39, 0.29) is 18.7 Å². The normalized spacial score (nSPS) is 17.0. The summed E-state index contributed by atoms with van der Waals surface area (Å²) in [6.07, 6.45) is 10.4. The predicted molar refractivity (Wildman–Crippen MR) is 146 cm³/mol. The molecule has 2 aromatic heterocycles. The molecule has 2 unspecified atom stereocenters. The standard InChI is InChI=1S/C19H16F2N2O3.C12H10F2N2O/c20-15-3-6-17(18(21)9-15)19(25,11-23-8-7-22-13-23)12-26-16-4-1-14(10-24)2-5-16;13-9-1-2-10(11(14)5-9)12(7-17-12)6-16-4-3-15-8-16/h1-10,13,25H,11-12H2;1-5,8H,6-7H2. The molecule has 8 nitrogen and oxygen atoms in total. The van der Waals surface area contributed by atoms with Gasteiger partial charge in [0.05, 0.1) is 32.4 Å². The maximum atomic E-state index is 14.3. The van der Waals surface area contributed by atoms with Gasteiger partial charge in [-0.3, -0.25) is 4.79 Å². The van der Waals surface area contributed by atoms with Crippen LogP contribution >= 0.6 is 0 Å². The van der Waals surface area contributed by atoms with E-state index in [4.69, 9.17) is 9.47 Å². The smallest absolute Gasteiger partial charge is 0.150 e. The SMILES string of the molecule is Fc1ccc(C2(Cn3ccnc3)CO2)c(F)c1.O=Cc1ccc(OCC(O)(Cn2ccnc2)c2ccc(F)cc2F)cc1. The van der Waals surface area contributed by atoms with Crippen LogP contribution in [0.1, 0.15) is 21.5 Å². The Morgan fingerprint density at radius 1 is 0.907 bits per heavy atom. The van der Waals surface area contributed by atoms with Gasteiger partial charge < -0.3 is 23.7 Å². The number of hydrogen-bond acceptors (Lipinski definition) is 6. The summed E-state index contributed by atoms with van der Waals surface area (Å²) in [5.74, 6) is -2.34. The predicted octanol–water partition coefficient (Wildman–Crippen LogP) is 5.03. The zero-order valence-electron chi connectivity index (χ0n) is 22.6. The Bertz CT molecular complexity index is 1660. The number of carbonyl (C=O) groups is 1. The molecule has 0 radical (unpaired) electrons. The van der Waals surface area contributed by atoms with Crippen LogP contribution in [0.4, 0.5) is 17.6 Å². The Labute approximate surface area is 243 Å². The lowest BCUT2D eigenvalue weighted by molar-refractivity contribution is -0.0271. The van der Waals surface area contributed by atoms with Crippen molar-refractivity contribution in [2.24, 2.45) is 0 Å². The Morgan fingerprint density at radius 2 is 1.53 bits per heavy atom. The van der Waals surface area contributed by atoms with Gasteiger partial charge in [0.25, 0.3) is 0 Å². The molecule has 222 valence electrons. The number of benzene rings is 3. The number of aromatic nitrogens is 4. The van der Waals surface area contributed by atoms with Crippen LogP contribution in [0.15, 0.2) is 98.1 Å². The molecule has 3 heterocycles. The van der Waals surface area contributed by atoms with Crippen molar-refractivity contribution < 1.29 is 36.9 Å². The number of nitrogens with zero attached hydrogens (tertiary/aromatic N) is 4. The second-order valence-electron chi connectivity index (χ2n) is 10.0. The molecule has 1 aliphatic rings. The maximum absolute atomic E-state index is 14.3. The number of imidazole rings is 2. The molecule has 1 aliphatic heterocycles. The van der Waals surface area contributed by atoms with Crippen molar-refractivity contribution in [3.8, 4) is 5.75 Å². The summed E-state index contributed by atoms with van der Waals surface area (Å²) in [4.78, 5) is 18.5. The molecular weight excluding hydrogens is 568 g/mol. The topological polar surface area (TPSA) is 94.7 Å². The molecule has 0 aliphatic carbocycles. The summed E-state index contributed by atoms with van der Waals surface area (Å²) in [7, 11) is 0. The van der Waals surface area contributed by atoms with Crippen molar-refractivity contribution in [3.63, 3.8) is 0 Å². The lowest BCUT2D eigenvalue weighted by Gasteiger charge is -2.29. The zero-order valence-corrected chi connectivity index (χ0v) is 22.6. The molecule has 5 aromatic rings. The fourth-order valence-electron chi connectivity index (χ4n) is 4.56. The largest absolute Gasteiger partial charge is 0.490 e. The molecule has 0 spiro atoms. The number of carbonyl (C=O) groups excluding carboxylic acids is 1. The monoisotopic (exact) mass is 594 g/mol. The van der Waals surface area contributed by atoms with Crippen molar-refractivity contribution in [2.75, 3.05) is 13.2 Å². The van der Waals surface area contributed by atoms with Crippen LogP contribution in [-0.4, -0.2) is 43.7 Å². The van der Waals surface area contributed by atoms with Gasteiger partial charge in [0.1, 0.15) is 53.1 Å². The second kappa shape index (κ2) is 12.6. The fourth-order valence-corrected chi connectivity index (χ4v) is 4.56. The van der Waals surface area contributed by atoms with Gasteiger partial charge in [0.2, 0.25) is 0 Å². The minimum absolute atomic E-state index is 0.0397. The van der Waals surface area contributed by atoms with Crippen LogP contribution in [0.3, 0.4) is 0 Å². The van der Waals surface area contributed by atoms with Crippen LogP contribution in [0.5, 0.6) is 5.75 Å². The van der Waals surface area contributed by atoms with Crippen molar-refractivity contribution in [3.05, 3.63) is 138 Å². The van der Waals surface area contributed by atoms with Gasteiger partial charge in [-0.05, 0) is 36.4 Å². The van der Waals surface area contributed by atoms with Crippen molar-refractivity contribution in [1.82, 2.24) is 19.1 Å². The van der Waals surface area contributed by atoms with Crippen LogP contribution in [-0.2, 0) is 29.0 Å². The maximum Gasteiger partial charge on any atom is 0.150 e. The lowest BCUT2D eigenvalue weighted by Crippen LogP contribution is -2.38. The molecule has 0 amide bonds. The molecule has 3 aromatic carbocycles. The second-order valence-corrected chi connectivity index (χ2v) is 10.0. The molecule has 43 heavy (non-hydrogen) atoms. The van der Waals surface area contributed by atoms with Gasteiger partial charge in [0, 0.05) is 53.6 Å². The third kappa shape index (κ3) is 7.16. The van der Waals surface area contributed by atoms with Gasteiger partial charge >= 0.3 is 0 Å². The summed E-state index contributed by atoms with van der Waals surface area (Å²) in [6.45, 7) is 0.597. The Balaban J connectivity index is 0.000000186. The summed E-state index contributed by atoms with van der Waals surface area (Å²) in [5, 5.41) is 11.1. The third-order valence-corrected chi connectivity index (χ3v) is 6.84. The Morgan fingerprint density at radius 3 is 2.09 bits per heavy atom. The van der Waals surface area contributed by atoms with Gasteiger partial charge in [-0.15, -0.1) is 0 Å². The quantitative estimate of drug-likeness (QED) is 0.139. The van der Waals surface area contributed by atoms with E-state index in [0.29, 0.717) is 42.4 Å². The summed E-state index contributed by atoms with van der Waals surface area (Å²) >= 11 is 0. The number of aldehydes is 1. The summed E-state index contributed by atoms with van der Waals surface area (Å²) in [6, 6.07) is 12.8. The van der Waals surface area contributed by atoms with E-state index in [1.165, 1.54) is 30.7 Å². The number of hydrogen-bond donors (Lipinski definition) is 1. The first-order chi connectivity index (χ1) is 20.7. The highest BCUT2D eigenvalue weighted by Crippen LogP contribution is 2.41. The van der Waals surface area contributed by atoms with Crippen molar-refractivity contribution in [2.45, 2.75) is 24.3 Å². The molecule has 12 heteroatoms. The van der Waals surface area contributed by atoms with E-state index >= 15 is 0 Å². The highest BCUT2D eigenvalue weighted by atomic mass is 19.1. The number of epoxide rings is 1. The fraction of sp³-hybridized carbons (Fsp3) is 0.194. The van der Waals surface area contributed by atoms with Gasteiger partial charge in [0.15, 0.2) is 0 Å². The van der Waals surface area contributed by atoms with Crippen LogP contribution < -0.4 is 4.74 Å². The minimum Gasteiger partial charge on any atom is -0.490 e. The van der Waals surface area contributed by atoms with Crippen molar-refractivity contribution in [1.29, 1.82) is 0 Å². The van der Waals surface area contributed by atoms with Crippen LogP contribution in [0.2, 0.25) is 0 Å². The van der Waals surface area contributed by atoms with Gasteiger partial charge in [-0.1, -0.05) is 12.1 Å². The molecule has 0 bridgehead atoms. The van der Waals surface area contributed by atoms with E-state index in [2.05, 4.69) is 9.97 Å². The minimum atomic E-state index is -1.76. The Kier molecular flexibility index (Phi) is 8.69. The number of ether oxygens (including phenoxy) is 2. The molecule has 2 atom stereocenters. The van der Waals surface area contributed by atoms with E-state index in [0.717, 1.165) is 12.1 Å². The average Bonchev–Trinajstić information content (AvgIpc) is 3.31. The van der Waals surface area contributed by atoms with Crippen LogP contribution in [0, 0.1) is 23.3 Å². The number of rotatable bonds is 10. The van der Waals surface area contributed by atoms with E-state index < -0.39 is 34.5 Å². The number of aliphatic hydroxyl groups is 1. The van der Waals surface area contributed by atoms with Gasteiger partial charge in [-0.2, -0.15) is 0 Å². The highest BCUT2D eigenvalue weighted by molar-refractivity contribution is 5.74. The average molecular weight is 595 g/mol. The van der Waals surface area contributed by atoms with E-state index in [1.807, 2.05) is 4.57 Å². The first-order valence-corrected chi connectivity index (χ1v) is 13.1. The van der Waals surface area contributed by atoms with E-state index in [1.54, 1.807) is 53.8 Å².